The van der Waals surface area contributed by atoms with Crippen LogP contribution in [0.15, 0.2) is 42.5 Å². The fourth-order valence-electron chi connectivity index (χ4n) is 2.52. The number of hydrogen-bond donors (Lipinski definition) is 2. The quantitative estimate of drug-likeness (QED) is 0.740. The molecule has 0 aliphatic heterocycles. The average Bonchev–Trinajstić information content (AvgIpc) is 2.86. The lowest BCUT2D eigenvalue weighted by Crippen LogP contribution is -2.13. The maximum absolute atomic E-state index is 11.7. The third kappa shape index (κ3) is 2.84. The lowest BCUT2D eigenvalue weighted by atomic mass is 10.1. The molecule has 0 saturated heterocycles. The van der Waals surface area contributed by atoms with Gasteiger partial charge in [-0.2, -0.15) is 5.10 Å². The lowest BCUT2D eigenvalue weighted by Gasteiger charge is -2.11. The first-order valence-corrected chi connectivity index (χ1v) is 7.78. The Bertz CT molecular complexity index is 934. The van der Waals surface area contributed by atoms with Gasteiger partial charge in [0.2, 0.25) is 0 Å². The van der Waals surface area contributed by atoms with Crippen molar-refractivity contribution in [3.8, 4) is 22.7 Å². The van der Waals surface area contributed by atoms with Gasteiger partial charge in [0.1, 0.15) is 5.75 Å². The van der Waals surface area contributed by atoms with Gasteiger partial charge in [0.05, 0.1) is 16.4 Å². The van der Waals surface area contributed by atoms with Crippen molar-refractivity contribution < 1.29 is 9.90 Å². The molecule has 2 aromatic carbocycles. The second-order valence-electron chi connectivity index (χ2n) is 5.24. The van der Waals surface area contributed by atoms with Gasteiger partial charge >= 0.3 is 0 Å². The summed E-state index contributed by atoms with van der Waals surface area (Å²) in [6.07, 6.45) is 0. The maximum atomic E-state index is 11.7. The van der Waals surface area contributed by atoms with Gasteiger partial charge in [-0.05, 0) is 49.4 Å². The number of aromatic hydroxyl groups is 1. The molecule has 1 amide bonds. The molecule has 0 saturated carbocycles. The predicted octanol–water partition coefficient (Wildman–Crippen LogP) is 3.96. The summed E-state index contributed by atoms with van der Waals surface area (Å²) in [5, 5.41) is 14.7. The first kappa shape index (κ1) is 16.4. The summed E-state index contributed by atoms with van der Waals surface area (Å²) in [5.41, 5.74) is 8.20. The highest BCUT2D eigenvalue weighted by Crippen LogP contribution is 2.33. The second kappa shape index (κ2) is 6.19. The predicted molar refractivity (Wildman–Crippen MR) is 93.9 cm³/mol. The first-order chi connectivity index (χ1) is 11.4. The van der Waals surface area contributed by atoms with E-state index >= 15 is 0 Å². The molecular weight excluding hydrogens is 349 g/mol. The Hall–Kier alpha value is -2.50. The van der Waals surface area contributed by atoms with Gasteiger partial charge in [-0.25, -0.2) is 4.68 Å². The minimum Gasteiger partial charge on any atom is -0.508 e. The van der Waals surface area contributed by atoms with E-state index in [0.717, 1.165) is 5.56 Å². The van der Waals surface area contributed by atoms with Crippen molar-refractivity contribution in [3.63, 3.8) is 0 Å². The van der Waals surface area contributed by atoms with Gasteiger partial charge in [0.25, 0.3) is 5.91 Å². The zero-order chi connectivity index (χ0) is 17.4. The van der Waals surface area contributed by atoms with Crippen LogP contribution in [0, 0.1) is 6.92 Å². The number of nitrogens with two attached hydrogens (primary N) is 1. The van der Waals surface area contributed by atoms with Crippen LogP contribution in [0.5, 0.6) is 5.75 Å². The third-order valence-electron chi connectivity index (χ3n) is 3.63. The highest BCUT2D eigenvalue weighted by atomic mass is 35.5. The molecule has 1 aromatic heterocycles. The molecule has 1 heterocycles. The Kier molecular flexibility index (Phi) is 4.22. The standard InChI is InChI=1S/C17H13Cl2N3O2/c1-9-15(17(20)24)21-22(14-7-4-11(18)8-13(14)19)16(9)10-2-5-12(23)6-3-10/h2-8,23H,1H3,(H2,20,24). The lowest BCUT2D eigenvalue weighted by molar-refractivity contribution is 0.0994. The Labute approximate surface area is 148 Å². The summed E-state index contributed by atoms with van der Waals surface area (Å²) < 4.78 is 1.56. The van der Waals surface area contributed by atoms with Crippen LogP contribution in [0.2, 0.25) is 10.0 Å². The Morgan fingerprint density at radius 2 is 1.83 bits per heavy atom. The second-order valence-corrected chi connectivity index (χ2v) is 6.08. The summed E-state index contributed by atoms with van der Waals surface area (Å²) in [7, 11) is 0. The van der Waals surface area contributed by atoms with Crippen LogP contribution >= 0.6 is 23.2 Å². The number of benzene rings is 2. The Balaban J connectivity index is 2.30. The van der Waals surface area contributed by atoms with Crippen molar-refractivity contribution in [2.45, 2.75) is 6.92 Å². The molecule has 0 aliphatic carbocycles. The van der Waals surface area contributed by atoms with E-state index < -0.39 is 5.91 Å². The first-order valence-electron chi connectivity index (χ1n) is 7.02. The number of phenolic OH excluding ortho intramolecular Hbond substituents is 1. The van der Waals surface area contributed by atoms with Crippen molar-refractivity contribution in [3.05, 3.63) is 63.8 Å². The van der Waals surface area contributed by atoms with Gasteiger partial charge in [-0.1, -0.05) is 23.2 Å². The zero-order valence-corrected chi connectivity index (χ0v) is 14.1. The number of carbonyl (C=O) groups excluding carboxylic acids is 1. The van der Waals surface area contributed by atoms with Crippen molar-refractivity contribution in [1.29, 1.82) is 0 Å². The molecule has 5 nitrogen and oxygen atoms in total. The minimum atomic E-state index is -0.628. The van der Waals surface area contributed by atoms with Crippen LogP contribution in [0.4, 0.5) is 0 Å². The molecule has 3 aromatic rings. The van der Waals surface area contributed by atoms with Crippen LogP contribution < -0.4 is 5.73 Å². The van der Waals surface area contributed by atoms with Gasteiger partial charge < -0.3 is 10.8 Å². The molecule has 0 spiro atoms. The van der Waals surface area contributed by atoms with E-state index in [1.165, 1.54) is 0 Å². The number of aromatic nitrogens is 2. The number of rotatable bonds is 3. The minimum absolute atomic E-state index is 0.141. The summed E-state index contributed by atoms with van der Waals surface area (Å²) in [4.78, 5) is 11.7. The van der Waals surface area contributed by atoms with Crippen molar-refractivity contribution >= 4 is 29.1 Å². The van der Waals surface area contributed by atoms with Gasteiger partial charge in [0.15, 0.2) is 5.69 Å². The summed E-state index contributed by atoms with van der Waals surface area (Å²) >= 11 is 12.2. The van der Waals surface area contributed by atoms with E-state index in [-0.39, 0.29) is 11.4 Å². The van der Waals surface area contributed by atoms with E-state index in [1.807, 2.05) is 0 Å². The van der Waals surface area contributed by atoms with E-state index in [9.17, 15) is 9.90 Å². The molecule has 0 radical (unpaired) electrons. The molecule has 3 rings (SSSR count). The van der Waals surface area contributed by atoms with E-state index in [2.05, 4.69) is 5.10 Å². The number of phenols is 1. The fourth-order valence-corrected chi connectivity index (χ4v) is 3.00. The molecule has 122 valence electrons. The molecule has 24 heavy (non-hydrogen) atoms. The van der Waals surface area contributed by atoms with Crippen LogP contribution in [-0.2, 0) is 0 Å². The summed E-state index contributed by atoms with van der Waals surface area (Å²) in [6.45, 7) is 1.76. The Morgan fingerprint density at radius 3 is 2.42 bits per heavy atom. The molecule has 0 unspecified atom stereocenters. The largest absolute Gasteiger partial charge is 0.508 e. The summed E-state index contributed by atoms with van der Waals surface area (Å²) in [5.74, 6) is -0.488. The van der Waals surface area contributed by atoms with Crippen molar-refractivity contribution in [1.82, 2.24) is 9.78 Å². The molecule has 0 fully saturated rings. The third-order valence-corrected chi connectivity index (χ3v) is 4.17. The monoisotopic (exact) mass is 361 g/mol. The smallest absolute Gasteiger partial charge is 0.269 e. The zero-order valence-electron chi connectivity index (χ0n) is 12.6. The molecule has 0 bridgehead atoms. The number of amides is 1. The van der Waals surface area contributed by atoms with Gasteiger partial charge in [0, 0.05) is 16.1 Å². The van der Waals surface area contributed by atoms with Gasteiger partial charge in [-0.15, -0.1) is 0 Å². The molecule has 3 N–H and O–H groups in total. The molecule has 7 heteroatoms. The number of halogens is 2. The number of carbonyl (C=O) groups is 1. The van der Waals surface area contributed by atoms with Gasteiger partial charge in [-0.3, -0.25) is 4.79 Å². The van der Waals surface area contributed by atoms with E-state index in [1.54, 1.807) is 54.1 Å². The van der Waals surface area contributed by atoms with Crippen LogP contribution in [0.25, 0.3) is 16.9 Å². The van der Waals surface area contributed by atoms with Crippen LogP contribution in [0.1, 0.15) is 16.1 Å². The maximum Gasteiger partial charge on any atom is 0.269 e. The molecular formula is C17H13Cl2N3O2. The SMILES string of the molecule is Cc1c(C(N)=O)nn(-c2ccc(Cl)cc2Cl)c1-c1ccc(O)cc1. The highest BCUT2D eigenvalue weighted by molar-refractivity contribution is 6.35. The molecule has 0 atom stereocenters. The number of nitrogens with zero attached hydrogens (tertiary/aromatic N) is 2. The molecule has 0 aliphatic rings. The number of primary amides is 1. The van der Waals surface area contributed by atoms with Crippen molar-refractivity contribution in [2.75, 3.05) is 0 Å². The fraction of sp³-hybridized carbons (Fsp3) is 0.0588. The van der Waals surface area contributed by atoms with E-state index in [0.29, 0.717) is 27.0 Å². The highest BCUT2D eigenvalue weighted by Gasteiger charge is 2.21. The van der Waals surface area contributed by atoms with Crippen LogP contribution in [-0.4, -0.2) is 20.8 Å². The number of hydrogen-bond acceptors (Lipinski definition) is 3. The van der Waals surface area contributed by atoms with Crippen molar-refractivity contribution in [2.24, 2.45) is 5.73 Å². The summed E-state index contributed by atoms with van der Waals surface area (Å²) in [6, 6.07) is 11.6. The normalized spacial score (nSPS) is 10.8. The Morgan fingerprint density at radius 1 is 1.17 bits per heavy atom. The van der Waals surface area contributed by atoms with E-state index in [4.69, 9.17) is 28.9 Å². The van der Waals surface area contributed by atoms with Crippen LogP contribution in [0.3, 0.4) is 0 Å². The average molecular weight is 362 g/mol. The topological polar surface area (TPSA) is 81.1 Å².